The number of halogens is 2. The molecule has 0 heterocycles. The second-order valence-electron chi connectivity index (χ2n) is 0.239. The van der Waals surface area contributed by atoms with Crippen LogP contribution in [0.25, 0.3) is 0 Å². The summed E-state index contributed by atoms with van der Waals surface area (Å²) in [6, 6.07) is 0. The summed E-state index contributed by atoms with van der Waals surface area (Å²) in [6.07, 6.45) is 6.45. The van der Waals surface area contributed by atoms with Gasteiger partial charge in [0.05, 0.1) is 0 Å². The molecule has 0 rings (SSSR count). The van der Waals surface area contributed by atoms with Crippen molar-refractivity contribution >= 4 is 50.2 Å². The normalized spacial score (nSPS) is 7.00. The monoisotopic (exact) mass is 160 g/mol. The lowest BCUT2D eigenvalue weighted by Crippen LogP contribution is -0.790. The van der Waals surface area contributed by atoms with Crippen LogP contribution < -0.4 is 0 Å². The van der Waals surface area contributed by atoms with Crippen LogP contribution in [0.3, 0.4) is 0 Å². The van der Waals surface area contributed by atoms with E-state index in [1.807, 2.05) is 0 Å². The molecule has 0 aliphatic carbocycles. The summed E-state index contributed by atoms with van der Waals surface area (Å²) in [5.74, 6) is 0. The molecule has 0 aliphatic heterocycles. The van der Waals surface area contributed by atoms with Crippen molar-refractivity contribution in [1.29, 1.82) is 0 Å². The summed E-state index contributed by atoms with van der Waals surface area (Å²) >= 11 is 9.72. The van der Waals surface area contributed by atoms with Crippen LogP contribution in [0.4, 0.5) is 0 Å². The standard InChI is InChI=1S/2CH2ClP/c2*1-3-2/h2*1H2. The van der Waals surface area contributed by atoms with E-state index in [0.717, 1.165) is 0 Å². The Morgan fingerprint density at radius 2 is 1.00 bits per heavy atom. The number of hydrogen-bond acceptors (Lipinski definition) is 0. The number of hydrogen-bond donors (Lipinski definition) is 0. The quantitative estimate of drug-likeness (QED) is 0.479. The predicted molar refractivity (Wildman–Crippen MR) is 39.8 cm³/mol. The molecular weight excluding hydrogens is 157 g/mol. The first-order valence-corrected chi connectivity index (χ1v) is 4.94. The van der Waals surface area contributed by atoms with E-state index in [2.05, 4.69) is 12.6 Å². The first-order chi connectivity index (χ1) is 2.83. The molecule has 0 saturated carbocycles. The van der Waals surface area contributed by atoms with Crippen molar-refractivity contribution in [3.63, 3.8) is 0 Å². The largest absolute Gasteiger partial charge is 0.0597 e. The van der Waals surface area contributed by atoms with Crippen LogP contribution in [0.2, 0.25) is 0 Å². The van der Waals surface area contributed by atoms with Gasteiger partial charge in [0.15, 0.2) is 0 Å². The summed E-state index contributed by atoms with van der Waals surface area (Å²) in [4.78, 5) is 0. The highest BCUT2D eigenvalue weighted by Gasteiger charge is 1.20. The number of rotatable bonds is 0. The molecule has 4 heteroatoms. The second-order valence-corrected chi connectivity index (χ2v) is 2.15. The molecule has 0 aromatic carbocycles. The van der Waals surface area contributed by atoms with E-state index in [1.165, 1.54) is 0 Å². The zero-order valence-corrected chi connectivity index (χ0v) is 6.37. The maximum Gasteiger partial charge on any atom is -0.00238 e. The summed E-state index contributed by atoms with van der Waals surface area (Å²) < 4.78 is 0. The molecule has 0 N–H and O–H groups in total. The lowest BCUT2D eigenvalue weighted by atomic mass is 12.0. The zero-order valence-electron chi connectivity index (χ0n) is 3.06. The van der Waals surface area contributed by atoms with E-state index in [-0.39, 0.29) is 0 Å². The third-order valence-electron chi connectivity index (χ3n) is 0. The molecule has 0 unspecified atom stereocenters. The fourth-order valence-electron chi connectivity index (χ4n) is 0. The van der Waals surface area contributed by atoms with Crippen LogP contribution in [0.15, 0.2) is 0 Å². The second kappa shape index (κ2) is 16.8. The molecule has 0 nitrogen and oxygen atoms in total. The smallest absolute Gasteiger partial charge is 0.00238 e. The zero-order chi connectivity index (χ0) is 5.41. The Bertz CT molecular complexity index is 30.5. The minimum absolute atomic E-state index is 0.639. The van der Waals surface area contributed by atoms with Crippen molar-refractivity contribution in [2.24, 2.45) is 0 Å². The third kappa shape index (κ3) is 89.3. The molecule has 0 radical (unpaired) electrons. The Labute approximate surface area is 50.6 Å². The van der Waals surface area contributed by atoms with E-state index in [9.17, 15) is 0 Å². The topological polar surface area (TPSA) is 0 Å². The van der Waals surface area contributed by atoms with Gasteiger partial charge in [-0.15, -0.1) is 0 Å². The van der Waals surface area contributed by atoms with Crippen LogP contribution in [0.1, 0.15) is 0 Å². The summed E-state index contributed by atoms with van der Waals surface area (Å²) in [7, 11) is 1.28. The highest BCUT2D eigenvalue weighted by Crippen LogP contribution is 1.91. The van der Waals surface area contributed by atoms with Crippen molar-refractivity contribution in [1.82, 2.24) is 0 Å². The fourth-order valence-corrected chi connectivity index (χ4v) is 0. The first-order valence-electron chi connectivity index (χ1n) is 0.971. The molecule has 0 bridgehead atoms. The highest BCUT2D eigenvalue weighted by molar-refractivity contribution is 7.66. The Morgan fingerprint density at radius 1 is 1.00 bits per heavy atom. The lowest BCUT2D eigenvalue weighted by Gasteiger charge is -1.26. The molecule has 0 aromatic heterocycles. The SMILES string of the molecule is C=PCl.C=PCl. The van der Waals surface area contributed by atoms with Crippen LogP contribution in [0.5, 0.6) is 0 Å². The van der Waals surface area contributed by atoms with Crippen LogP contribution in [0, 0.1) is 0 Å². The average Bonchev–Trinajstić information content (AvgIpc) is 1.39. The molecule has 0 aliphatic rings. The van der Waals surface area contributed by atoms with Crippen molar-refractivity contribution < 1.29 is 0 Å². The van der Waals surface area contributed by atoms with Crippen molar-refractivity contribution in [3.05, 3.63) is 0 Å². The Balaban J connectivity index is 0. The maximum absolute atomic E-state index is 4.86. The highest BCUT2D eigenvalue weighted by atomic mass is 35.7. The van der Waals surface area contributed by atoms with Gasteiger partial charge in [0.2, 0.25) is 0 Å². The first kappa shape index (κ1) is 10.0. The van der Waals surface area contributed by atoms with Crippen LogP contribution in [-0.2, 0) is 0 Å². The Kier molecular flexibility index (Phi) is 28.1. The fraction of sp³-hybridized carbons (Fsp3) is 0. The van der Waals surface area contributed by atoms with Crippen LogP contribution >= 0.6 is 37.6 Å². The molecule has 0 spiro atoms. The summed E-state index contributed by atoms with van der Waals surface area (Å²) in [5, 5.41) is 0. The van der Waals surface area contributed by atoms with Gasteiger partial charge in [-0.2, -0.15) is 0 Å². The molecule has 0 fully saturated rings. The van der Waals surface area contributed by atoms with E-state index >= 15 is 0 Å². The van der Waals surface area contributed by atoms with E-state index in [0.29, 0.717) is 15.1 Å². The van der Waals surface area contributed by atoms with Crippen LogP contribution in [-0.4, -0.2) is 12.6 Å². The van der Waals surface area contributed by atoms with Gasteiger partial charge in [-0.1, -0.05) is 35.1 Å². The third-order valence-corrected chi connectivity index (χ3v) is 0. The molecule has 0 aromatic rings. The molecular formula is C2H4Cl2P2. The molecule has 0 atom stereocenters. The van der Waals surface area contributed by atoms with Gasteiger partial charge in [0, 0.05) is 0 Å². The van der Waals surface area contributed by atoms with E-state index in [4.69, 9.17) is 22.5 Å². The average molecular weight is 161 g/mol. The predicted octanol–water partition coefficient (Wildman–Crippen LogP) is 3.04. The Hall–Kier alpha value is 0.920. The van der Waals surface area contributed by atoms with Gasteiger partial charge in [-0.25, -0.2) is 0 Å². The molecule has 0 amide bonds. The Morgan fingerprint density at radius 3 is 1.00 bits per heavy atom. The van der Waals surface area contributed by atoms with E-state index in [1.54, 1.807) is 0 Å². The van der Waals surface area contributed by atoms with E-state index < -0.39 is 0 Å². The molecule has 0 saturated heterocycles. The van der Waals surface area contributed by atoms with Gasteiger partial charge in [0.25, 0.3) is 0 Å². The molecule has 6 heavy (non-hydrogen) atoms. The minimum atomic E-state index is 0.639. The molecule has 36 valence electrons. The maximum atomic E-state index is 4.86. The van der Waals surface area contributed by atoms with Gasteiger partial charge < -0.3 is 0 Å². The lowest BCUT2D eigenvalue weighted by molar-refractivity contribution is 4.66. The van der Waals surface area contributed by atoms with Gasteiger partial charge >= 0.3 is 0 Å². The van der Waals surface area contributed by atoms with Crippen molar-refractivity contribution in [2.75, 3.05) is 0 Å². The van der Waals surface area contributed by atoms with Crippen molar-refractivity contribution in [3.8, 4) is 0 Å². The van der Waals surface area contributed by atoms with Gasteiger partial charge in [0.1, 0.15) is 0 Å². The summed E-state index contributed by atoms with van der Waals surface area (Å²) in [6.45, 7) is 0. The summed E-state index contributed by atoms with van der Waals surface area (Å²) in [5.41, 5.74) is 0. The van der Waals surface area contributed by atoms with Crippen molar-refractivity contribution in [2.45, 2.75) is 0 Å². The minimum Gasteiger partial charge on any atom is -0.0597 e. The van der Waals surface area contributed by atoms with Gasteiger partial charge in [-0.05, 0) is 15.1 Å². The van der Waals surface area contributed by atoms with Gasteiger partial charge in [-0.3, -0.25) is 0 Å².